The maximum atomic E-state index is 12.6. The Kier molecular flexibility index (Phi) is 5.97. The lowest BCUT2D eigenvalue weighted by atomic mass is 9.74. The Bertz CT molecular complexity index is 1300. The van der Waals surface area contributed by atoms with Crippen molar-refractivity contribution in [3.63, 3.8) is 0 Å². The van der Waals surface area contributed by atoms with Crippen molar-refractivity contribution in [1.29, 1.82) is 0 Å². The standard InChI is InChI=1S/C29H29ClN2O3/c1-28(2)23-9-4-5-10-24(23)32-16-14-27(33)31-29(28,32)15-13-20-11-12-25(26(18-20)34-3)35-19-21-7-6-8-22(30)17-21/h4-13,15,17-18H,14,16,19H2,1-3H3,(H,31,33)/b15-13+/t29-/m1/s1. The molecular formula is C29H29ClN2O3. The molecule has 1 saturated heterocycles. The molecule has 5 nitrogen and oxygen atoms in total. The molecule has 1 fully saturated rings. The Balaban J connectivity index is 1.44. The van der Waals surface area contributed by atoms with Crippen molar-refractivity contribution in [2.24, 2.45) is 0 Å². The van der Waals surface area contributed by atoms with E-state index in [1.165, 1.54) is 11.3 Å². The Hall–Kier alpha value is -3.44. The van der Waals surface area contributed by atoms with E-state index in [0.29, 0.717) is 36.1 Å². The van der Waals surface area contributed by atoms with Gasteiger partial charge in [0.2, 0.25) is 5.91 Å². The number of nitrogens with one attached hydrogen (secondary N) is 1. The van der Waals surface area contributed by atoms with Gasteiger partial charge in [-0.3, -0.25) is 4.79 Å². The van der Waals surface area contributed by atoms with Gasteiger partial charge in [-0.1, -0.05) is 67.9 Å². The van der Waals surface area contributed by atoms with E-state index in [1.807, 2.05) is 42.5 Å². The van der Waals surface area contributed by atoms with Gasteiger partial charge in [0.1, 0.15) is 12.3 Å². The molecule has 35 heavy (non-hydrogen) atoms. The van der Waals surface area contributed by atoms with Gasteiger partial charge >= 0.3 is 0 Å². The van der Waals surface area contributed by atoms with Gasteiger partial charge in [0, 0.05) is 29.1 Å². The van der Waals surface area contributed by atoms with E-state index in [1.54, 1.807) is 7.11 Å². The van der Waals surface area contributed by atoms with Crippen LogP contribution in [0.4, 0.5) is 5.69 Å². The molecule has 0 bridgehead atoms. The fourth-order valence-electron chi connectivity index (χ4n) is 5.23. The first-order valence-corrected chi connectivity index (χ1v) is 12.1. The van der Waals surface area contributed by atoms with Crippen molar-refractivity contribution < 1.29 is 14.3 Å². The summed E-state index contributed by atoms with van der Waals surface area (Å²) >= 11 is 6.08. The molecule has 0 aromatic heterocycles. The number of carbonyl (C=O) groups is 1. The number of carbonyl (C=O) groups excluding carboxylic acids is 1. The summed E-state index contributed by atoms with van der Waals surface area (Å²) in [5.41, 5.74) is 3.37. The number of nitrogens with zero attached hydrogens (tertiary/aromatic N) is 1. The summed E-state index contributed by atoms with van der Waals surface area (Å²) in [6, 6.07) is 21.9. The van der Waals surface area contributed by atoms with E-state index in [9.17, 15) is 4.79 Å². The molecule has 0 radical (unpaired) electrons. The van der Waals surface area contributed by atoms with Gasteiger partial charge in [0.25, 0.3) is 0 Å². The minimum absolute atomic E-state index is 0.0640. The molecular weight excluding hydrogens is 460 g/mol. The monoisotopic (exact) mass is 488 g/mol. The van der Waals surface area contributed by atoms with Crippen molar-refractivity contribution in [1.82, 2.24) is 5.32 Å². The summed E-state index contributed by atoms with van der Waals surface area (Å²) in [7, 11) is 1.63. The lowest BCUT2D eigenvalue weighted by Crippen LogP contribution is -2.68. The van der Waals surface area contributed by atoms with E-state index >= 15 is 0 Å². The molecule has 1 N–H and O–H groups in total. The number of halogens is 1. The Morgan fingerprint density at radius 3 is 2.69 bits per heavy atom. The summed E-state index contributed by atoms with van der Waals surface area (Å²) in [6.07, 6.45) is 4.65. The van der Waals surface area contributed by atoms with Crippen molar-refractivity contribution in [2.75, 3.05) is 18.6 Å². The van der Waals surface area contributed by atoms with Crippen molar-refractivity contribution >= 4 is 29.3 Å². The normalized spacial score (nSPS) is 20.3. The minimum Gasteiger partial charge on any atom is -0.493 e. The van der Waals surface area contributed by atoms with Crippen LogP contribution in [0.15, 0.2) is 72.8 Å². The van der Waals surface area contributed by atoms with Crippen LogP contribution >= 0.6 is 11.6 Å². The topological polar surface area (TPSA) is 50.8 Å². The Morgan fingerprint density at radius 1 is 1.06 bits per heavy atom. The van der Waals surface area contributed by atoms with Gasteiger partial charge < -0.3 is 19.7 Å². The van der Waals surface area contributed by atoms with E-state index in [2.05, 4.69) is 60.5 Å². The number of benzene rings is 3. The number of methoxy groups -OCH3 is 1. The highest BCUT2D eigenvalue weighted by Gasteiger charge is 2.57. The van der Waals surface area contributed by atoms with Crippen LogP contribution in [-0.2, 0) is 16.8 Å². The smallest absolute Gasteiger partial charge is 0.223 e. The number of para-hydroxylation sites is 1. The highest BCUT2D eigenvalue weighted by Crippen LogP contribution is 2.52. The first-order chi connectivity index (χ1) is 16.8. The average Bonchev–Trinajstić information content (AvgIpc) is 3.05. The highest BCUT2D eigenvalue weighted by molar-refractivity contribution is 6.30. The molecule has 1 amide bonds. The zero-order valence-corrected chi connectivity index (χ0v) is 20.9. The molecule has 2 aliphatic rings. The quantitative estimate of drug-likeness (QED) is 0.465. The predicted octanol–water partition coefficient (Wildman–Crippen LogP) is 5.95. The molecule has 5 rings (SSSR count). The van der Waals surface area contributed by atoms with Crippen LogP contribution in [0, 0.1) is 0 Å². The second kappa shape index (κ2) is 8.97. The Morgan fingerprint density at radius 2 is 1.89 bits per heavy atom. The fraction of sp³-hybridized carbons (Fsp3) is 0.276. The zero-order chi connectivity index (χ0) is 24.6. The molecule has 1 atom stereocenters. The number of hydrogen-bond donors (Lipinski definition) is 1. The number of ether oxygens (including phenoxy) is 2. The van der Waals surface area contributed by atoms with E-state index in [-0.39, 0.29) is 11.3 Å². The lowest BCUT2D eigenvalue weighted by molar-refractivity contribution is -0.124. The van der Waals surface area contributed by atoms with Gasteiger partial charge in [0.15, 0.2) is 11.5 Å². The highest BCUT2D eigenvalue weighted by atomic mass is 35.5. The van der Waals surface area contributed by atoms with Crippen molar-refractivity contribution in [3.8, 4) is 11.5 Å². The molecule has 0 unspecified atom stereocenters. The van der Waals surface area contributed by atoms with Crippen LogP contribution in [0.1, 0.15) is 37.0 Å². The third-order valence-electron chi connectivity index (χ3n) is 7.13. The van der Waals surface area contributed by atoms with Crippen LogP contribution in [0.3, 0.4) is 0 Å². The van der Waals surface area contributed by atoms with Gasteiger partial charge in [-0.05, 0) is 53.1 Å². The molecule has 3 aromatic rings. The van der Waals surface area contributed by atoms with Crippen LogP contribution in [0.25, 0.3) is 6.08 Å². The zero-order valence-electron chi connectivity index (χ0n) is 20.2. The first-order valence-electron chi connectivity index (χ1n) is 11.8. The minimum atomic E-state index is -0.652. The SMILES string of the molecule is COc1cc(/C=C/[C@@]23NC(=O)CCN2c2ccccc2C3(C)C)ccc1OCc1cccc(Cl)c1. The maximum absolute atomic E-state index is 12.6. The van der Waals surface area contributed by atoms with Crippen LogP contribution in [-0.4, -0.2) is 25.2 Å². The van der Waals surface area contributed by atoms with Crippen LogP contribution in [0.5, 0.6) is 11.5 Å². The number of fused-ring (bicyclic) bond motifs is 3. The third-order valence-corrected chi connectivity index (χ3v) is 7.36. The molecule has 6 heteroatoms. The number of rotatable bonds is 6. The summed E-state index contributed by atoms with van der Waals surface area (Å²) in [5, 5.41) is 4.00. The second-order valence-corrected chi connectivity index (χ2v) is 9.96. The second-order valence-electron chi connectivity index (χ2n) is 9.52. The summed E-state index contributed by atoms with van der Waals surface area (Å²) in [6.45, 7) is 5.45. The van der Waals surface area contributed by atoms with Crippen molar-refractivity contribution in [3.05, 3.63) is 94.5 Å². The molecule has 3 aromatic carbocycles. The van der Waals surface area contributed by atoms with Gasteiger partial charge in [-0.15, -0.1) is 0 Å². The van der Waals surface area contributed by atoms with Crippen LogP contribution in [0.2, 0.25) is 5.02 Å². The third kappa shape index (κ3) is 4.04. The fourth-order valence-corrected chi connectivity index (χ4v) is 5.44. The van der Waals surface area contributed by atoms with E-state index in [4.69, 9.17) is 21.1 Å². The van der Waals surface area contributed by atoms with E-state index < -0.39 is 5.66 Å². The molecule has 0 saturated carbocycles. The summed E-state index contributed by atoms with van der Waals surface area (Å²) in [5.74, 6) is 1.36. The van der Waals surface area contributed by atoms with Gasteiger partial charge in [-0.25, -0.2) is 0 Å². The molecule has 0 spiro atoms. The molecule has 2 aliphatic heterocycles. The van der Waals surface area contributed by atoms with Gasteiger partial charge in [0.05, 0.1) is 7.11 Å². The lowest BCUT2D eigenvalue weighted by Gasteiger charge is -2.49. The first kappa shape index (κ1) is 23.3. The number of hydrogen-bond acceptors (Lipinski definition) is 4. The largest absolute Gasteiger partial charge is 0.493 e. The molecule has 0 aliphatic carbocycles. The summed E-state index contributed by atoms with van der Waals surface area (Å²) < 4.78 is 11.6. The number of amides is 1. The maximum Gasteiger partial charge on any atom is 0.223 e. The average molecular weight is 489 g/mol. The number of anilines is 1. The summed E-state index contributed by atoms with van der Waals surface area (Å²) in [4.78, 5) is 14.9. The van der Waals surface area contributed by atoms with Gasteiger partial charge in [-0.2, -0.15) is 0 Å². The Labute approximate surface area is 211 Å². The molecule has 180 valence electrons. The predicted molar refractivity (Wildman–Crippen MR) is 140 cm³/mol. The molecule has 2 heterocycles. The van der Waals surface area contributed by atoms with E-state index in [0.717, 1.165) is 11.1 Å². The van der Waals surface area contributed by atoms with Crippen LogP contribution < -0.4 is 19.7 Å². The van der Waals surface area contributed by atoms with Crippen molar-refractivity contribution in [2.45, 2.75) is 38.0 Å².